The van der Waals surface area contributed by atoms with Gasteiger partial charge in [-0.1, -0.05) is 11.6 Å². The molecule has 7 nitrogen and oxygen atoms in total. The molecule has 1 saturated heterocycles. The summed E-state index contributed by atoms with van der Waals surface area (Å²) in [4.78, 5) is 10.9. The number of ether oxygens (including phenoxy) is 3. The number of nitrogen functional groups attached to an aromatic ring is 1. The summed E-state index contributed by atoms with van der Waals surface area (Å²) in [5, 5.41) is 0.451. The van der Waals surface area contributed by atoms with Crippen molar-refractivity contribution in [3.63, 3.8) is 0 Å². The zero-order valence-electron chi connectivity index (χ0n) is 13.6. The molecule has 1 fully saturated rings. The van der Waals surface area contributed by atoms with Crippen molar-refractivity contribution in [3.8, 4) is 17.2 Å². The highest BCUT2D eigenvalue weighted by atomic mass is 35.5. The molecule has 2 N–H and O–H groups in total. The van der Waals surface area contributed by atoms with Crippen molar-refractivity contribution < 1.29 is 14.2 Å². The molecule has 1 aliphatic heterocycles. The number of nitrogens with two attached hydrogens (primary N) is 1. The smallest absolute Gasteiger partial charge is 0.227 e. The molecule has 1 aromatic heterocycles. The number of rotatable bonds is 4. The second kappa shape index (κ2) is 7.11. The molecule has 0 aliphatic carbocycles. The molecule has 1 aliphatic rings. The van der Waals surface area contributed by atoms with Crippen LogP contribution in [0.25, 0.3) is 0 Å². The summed E-state index contributed by atoms with van der Waals surface area (Å²) in [5.41, 5.74) is 6.73. The van der Waals surface area contributed by atoms with Crippen LogP contribution in [0.3, 0.4) is 0 Å². The first kappa shape index (κ1) is 16.6. The zero-order chi connectivity index (χ0) is 17.1. The van der Waals surface area contributed by atoms with Gasteiger partial charge in [0.25, 0.3) is 0 Å². The van der Waals surface area contributed by atoms with E-state index in [9.17, 15) is 0 Å². The van der Waals surface area contributed by atoms with Crippen molar-refractivity contribution in [1.29, 1.82) is 0 Å². The molecule has 128 valence electrons. The standard InChI is InChI=1S/C16H19ClN4O3/c1-10-14(24-13-9-11(22-2)3-4-12(13)17)15(18)20-16(19-10)21-5-7-23-8-6-21/h3-4,9H,5-8H2,1-2H3,(H2,18,19,20). The van der Waals surface area contributed by atoms with E-state index >= 15 is 0 Å². The SMILES string of the molecule is COc1ccc(Cl)c(Oc2c(C)nc(N3CCOCC3)nc2N)c1. The third-order valence-corrected chi connectivity index (χ3v) is 4.01. The van der Waals surface area contributed by atoms with Gasteiger partial charge >= 0.3 is 0 Å². The molecular formula is C16H19ClN4O3. The van der Waals surface area contributed by atoms with Crippen molar-refractivity contribution in [2.24, 2.45) is 0 Å². The quantitative estimate of drug-likeness (QED) is 0.907. The van der Waals surface area contributed by atoms with Crippen LogP contribution >= 0.6 is 11.6 Å². The van der Waals surface area contributed by atoms with Crippen LogP contribution in [-0.2, 0) is 4.74 Å². The van der Waals surface area contributed by atoms with Crippen LogP contribution in [0.1, 0.15) is 5.69 Å². The van der Waals surface area contributed by atoms with Crippen LogP contribution in [-0.4, -0.2) is 43.4 Å². The molecule has 0 amide bonds. The molecule has 2 heterocycles. The molecule has 0 saturated carbocycles. The Balaban J connectivity index is 1.89. The summed E-state index contributed by atoms with van der Waals surface area (Å²) in [7, 11) is 1.58. The highest BCUT2D eigenvalue weighted by Gasteiger charge is 2.19. The highest BCUT2D eigenvalue weighted by Crippen LogP contribution is 2.36. The summed E-state index contributed by atoms with van der Waals surface area (Å²) in [6.45, 7) is 4.60. The molecule has 8 heteroatoms. The van der Waals surface area contributed by atoms with Gasteiger partial charge in [0.05, 0.1) is 31.0 Å². The van der Waals surface area contributed by atoms with Gasteiger partial charge in [-0.25, -0.2) is 4.98 Å². The van der Waals surface area contributed by atoms with Gasteiger partial charge in [-0.15, -0.1) is 0 Å². The lowest BCUT2D eigenvalue weighted by Gasteiger charge is -2.27. The van der Waals surface area contributed by atoms with E-state index in [1.807, 2.05) is 11.8 Å². The summed E-state index contributed by atoms with van der Waals surface area (Å²) in [6.07, 6.45) is 0. The largest absolute Gasteiger partial charge is 0.497 e. The number of nitrogens with zero attached hydrogens (tertiary/aromatic N) is 3. The third kappa shape index (κ3) is 3.47. The van der Waals surface area contributed by atoms with Crippen molar-refractivity contribution in [2.45, 2.75) is 6.92 Å². The Kier molecular flexibility index (Phi) is 4.92. The van der Waals surface area contributed by atoms with Gasteiger partial charge in [-0.3, -0.25) is 0 Å². The normalized spacial score (nSPS) is 14.5. The number of halogens is 1. The second-order valence-corrected chi connectivity index (χ2v) is 5.73. The lowest BCUT2D eigenvalue weighted by atomic mass is 10.3. The molecule has 0 atom stereocenters. The summed E-state index contributed by atoms with van der Waals surface area (Å²) in [5.74, 6) is 2.31. The molecule has 0 spiro atoms. The Labute approximate surface area is 145 Å². The first-order valence-electron chi connectivity index (χ1n) is 7.56. The molecule has 0 radical (unpaired) electrons. The van der Waals surface area contributed by atoms with Crippen LogP contribution in [0.2, 0.25) is 5.02 Å². The second-order valence-electron chi connectivity index (χ2n) is 5.32. The number of benzene rings is 1. The van der Waals surface area contributed by atoms with Gasteiger partial charge < -0.3 is 24.8 Å². The fraction of sp³-hybridized carbons (Fsp3) is 0.375. The molecular weight excluding hydrogens is 332 g/mol. The van der Waals surface area contributed by atoms with Crippen molar-refractivity contribution >= 4 is 23.4 Å². The van der Waals surface area contributed by atoms with Gasteiger partial charge in [0.1, 0.15) is 11.5 Å². The van der Waals surface area contributed by atoms with Crippen molar-refractivity contribution in [1.82, 2.24) is 9.97 Å². The van der Waals surface area contributed by atoms with Crippen molar-refractivity contribution in [3.05, 3.63) is 28.9 Å². The number of aromatic nitrogens is 2. The number of hydrogen-bond donors (Lipinski definition) is 1. The predicted octanol–water partition coefficient (Wildman–Crippen LogP) is 2.66. The summed E-state index contributed by atoms with van der Waals surface area (Å²) < 4.78 is 16.4. The molecule has 24 heavy (non-hydrogen) atoms. The Hall–Kier alpha value is -2.25. The fourth-order valence-corrected chi connectivity index (χ4v) is 2.56. The number of methoxy groups -OCH3 is 1. The Morgan fingerprint density at radius 1 is 1.25 bits per heavy atom. The van der Waals surface area contributed by atoms with Gasteiger partial charge in [-0.05, 0) is 19.1 Å². The minimum Gasteiger partial charge on any atom is -0.497 e. The number of morpholine rings is 1. The summed E-state index contributed by atoms with van der Waals surface area (Å²) in [6, 6.07) is 5.14. The monoisotopic (exact) mass is 350 g/mol. The van der Waals surface area contributed by atoms with Crippen molar-refractivity contribution in [2.75, 3.05) is 44.0 Å². The van der Waals surface area contributed by atoms with Crippen LogP contribution in [0.15, 0.2) is 18.2 Å². The Morgan fingerprint density at radius 3 is 2.67 bits per heavy atom. The van der Waals surface area contributed by atoms with E-state index in [0.29, 0.717) is 47.1 Å². The van der Waals surface area contributed by atoms with Gasteiger partial charge in [0.2, 0.25) is 5.95 Å². The average Bonchev–Trinajstić information content (AvgIpc) is 2.60. The molecule has 2 aromatic rings. The third-order valence-electron chi connectivity index (χ3n) is 3.69. The first-order chi connectivity index (χ1) is 11.6. The Morgan fingerprint density at radius 2 is 2.00 bits per heavy atom. The molecule has 0 bridgehead atoms. The maximum absolute atomic E-state index is 6.18. The average molecular weight is 351 g/mol. The predicted molar refractivity (Wildman–Crippen MR) is 92.3 cm³/mol. The number of anilines is 2. The van der Waals surface area contributed by atoms with E-state index in [0.717, 1.165) is 13.1 Å². The van der Waals surface area contributed by atoms with Crippen LogP contribution in [0.5, 0.6) is 17.2 Å². The number of hydrogen-bond acceptors (Lipinski definition) is 7. The van der Waals surface area contributed by atoms with E-state index < -0.39 is 0 Å². The lowest BCUT2D eigenvalue weighted by molar-refractivity contribution is 0.122. The van der Waals surface area contributed by atoms with Crippen LogP contribution in [0, 0.1) is 6.92 Å². The van der Waals surface area contributed by atoms with E-state index in [4.69, 9.17) is 31.5 Å². The maximum atomic E-state index is 6.18. The zero-order valence-corrected chi connectivity index (χ0v) is 14.3. The molecule has 0 unspecified atom stereocenters. The lowest BCUT2D eigenvalue weighted by Crippen LogP contribution is -2.37. The minimum absolute atomic E-state index is 0.267. The first-order valence-corrected chi connectivity index (χ1v) is 7.94. The minimum atomic E-state index is 0.267. The summed E-state index contributed by atoms with van der Waals surface area (Å²) >= 11 is 6.18. The van der Waals surface area contributed by atoms with Gasteiger partial charge in [0, 0.05) is 19.2 Å². The topological polar surface area (TPSA) is 82.7 Å². The Bertz CT molecular complexity index is 712. The van der Waals surface area contributed by atoms with Crippen LogP contribution in [0.4, 0.5) is 11.8 Å². The molecule has 1 aromatic carbocycles. The molecule has 3 rings (SSSR count). The van der Waals surface area contributed by atoms with Gasteiger partial charge in [-0.2, -0.15) is 4.98 Å². The van der Waals surface area contributed by atoms with E-state index in [2.05, 4.69) is 9.97 Å². The number of aryl methyl sites for hydroxylation is 1. The van der Waals surface area contributed by atoms with Gasteiger partial charge in [0.15, 0.2) is 11.6 Å². The fourth-order valence-electron chi connectivity index (χ4n) is 2.40. The van der Waals surface area contributed by atoms with Crippen LogP contribution < -0.4 is 20.1 Å². The van der Waals surface area contributed by atoms with E-state index in [-0.39, 0.29) is 5.82 Å². The van der Waals surface area contributed by atoms with E-state index in [1.165, 1.54) is 0 Å². The maximum Gasteiger partial charge on any atom is 0.227 e. The highest BCUT2D eigenvalue weighted by molar-refractivity contribution is 6.32. The van der Waals surface area contributed by atoms with E-state index in [1.54, 1.807) is 25.3 Å².